The number of nitrogens with zero attached hydrogens (tertiary/aromatic N) is 1. The van der Waals surface area contributed by atoms with Crippen LogP contribution in [0.1, 0.15) is 31.3 Å². The molecule has 0 radical (unpaired) electrons. The van der Waals surface area contributed by atoms with E-state index < -0.39 is 0 Å². The zero-order valence-electron chi connectivity index (χ0n) is 8.29. The molecule has 0 atom stereocenters. The average Bonchev–Trinajstić information content (AvgIpc) is 2.19. The molecule has 0 aliphatic heterocycles. The Labute approximate surface area is 85.0 Å². The standard InChI is InChI=1S/C11H12N2O.H2/c1-3-5-10-8-9(6-7-13-10)11(14)12-4-2;/h6-8H,4H2,1-2H3,(H,12,14);1H. The first-order valence-electron chi connectivity index (χ1n) is 4.45. The summed E-state index contributed by atoms with van der Waals surface area (Å²) in [5.41, 5.74) is 1.22. The maximum atomic E-state index is 11.4. The van der Waals surface area contributed by atoms with E-state index in [-0.39, 0.29) is 7.33 Å². The molecule has 1 N–H and O–H groups in total. The molecule has 3 nitrogen and oxygen atoms in total. The van der Waals surface area contributed by atoms with Crippen molar-refractivity contribution in [2.24, 2.45) is 0 Å². The number of carbonyl (C=O) groups excluding carboxylic acids is 1. The second kappa shape index (κ2) is 5.03. The summed E-state index contributed by atoms with van der Waals surface area (Å²) in [7, 11) is 0. The summed E-state index contributed by atoms with van der Waals surface area (Å²) in [4.78, 5) is 15.4. The summed E-state index contributed by atoms with van der Waals surface area (Å²) < 4.78 is 0. The van der Waals surface area contributed by atoms with Crippen molar-refractivity contribution in [1.29, 1.82) is 0 Å². The van der Waals surface area contributed by atoms with E-state index in [4.69, 9.17) is 0 Å². The molecule has 14 heavy (non-hydrogen) atoms. The fourth-order valence-corrected chi connectivity index (χ4v) is 1.03. The number of hydrogen-bond acceptors (Lipinski definition) is 2. The van der Waals surface area contributed by atoms with Crippen LogP contribution < -0.4 is 5.32 Å². The average molecular weight is 190 g/mol. The highest BCUT2D eigenvalue weighted by Crippen LogP contribution is 2.00. The molecule has 74 valence electrons. The minimum Gasteiger partial charge on any atom is -0.352 e. The molecular weight excluding hydrogens is 176 g/mol. The monoisotopic (exact) mass is 190 g/mol. The fourth-order valence-electron chi connectivity index (χ4n) is 1.03. The first-order valence-corrected chi connectivity index (χ1v) is 4.45. The molecule has 0 aliphatic rings. The zero-order chi connectivity index (χ0) is 10.4. The van der Waals surface area contributed by atoms with Gasteiger partial charge in [0.1, 0.15) is 5.69 Å². The quantitative estimate of drug-likeness (QED) is 0.717. The largest absolute Gasteiger partial charge is 0.352 e. The maximum absolute atomic E-state index is 11.4. The van der Waals surface area contributed by atoms with Gasteiger partial charge >= 0.3 is 0 Å². The highest BCUT2D eigenvalue weighted by Gasteiger charge is 2.03. The molecule has 1 amide bonds. The van der Waals surface area contributed by atoms with Crippen LogP contribution in [0.4, 0.5) is 0 Å². The predicted octanol–water partition coefficient (Wildman–Crippen LogP) is 1.45. The van der Waals surface area contributed by atoms with Crippen molar-refractivity contribution in [1.82, 2.24) is 10.3 Å². The van der Waals surface area contributed by atoms with E-state index in [0.29, 0.717) is 17.8 Å². The number of carbonyl (C=O) groups is 1. The Balaban J connectivity index is 0.00000196. The van der Waals surface area contributed by atoms with Crippen molar-refractivity contribution in [3.05, 3.63) is 29.6 Å². The number of pyridine rings is 1. The van der Waals surface area contributed by atoms with Gasteiger partial charge in [-0.1, -0.05) is 5.92 Å². The van der Waals surface area contributed by atoms with Gasteiger partial charge in [-0.25, -0.2) is 4.98 Å². The predicted molar refractivity (Wildman–Crippen MR) is 56.9 cm³/mol. The molecule has 1 rings (SSSR count). The first kappa shape index (κ1) is 10.3. The van der Waals surface area contributed by atoms with Crippen LogP contribution in [0, 0.1) is 11.8 Å². The summed E-state index contributed by atoms with van der Waals surface area (Å²) in [6.07, 6.45) is 1.59. The van der Waals surface area contributed by atoms with E-state index in [1.807, 2.05) is 6.92 Å². The van der Waals surface area contributed by atoms with Crippen LogP contribution in [-0.2, 0) is 0 Å². The second-order valence-electron chi connectivity index (χ2n) is 2.66. The lowest BCUT2D eigenvalue weighted by molar-refractivity contribution is 0.0955. The Bertz CT molecular complexity index is 393. The molecular formula is C11H14N2O. The molecule has 0 saturated carbocycles. The number of nitrogens with one attached hydrogen (secondary N) is 1. The summed E-state index contributed by atoms with van der Waals surface area (Å²) in [5, 5.41) is 2.72. The second-order valence-corrected chi connectivity index (χ2v) is 2.66. The van der Waals surface area contributed by atoms with Gasteiger partial charge in [-0.05, 0) is 31.9 Å². The lowest BCUT2D eigenvalue weighted by Crippen LogP contribution is -2.22. The van der Waals surface area contributed by atoms with Gasteiger partial charge < -0.3 is 5.32 Å². The van der Waals surface area contributed by atoms with Gasteiger partial charge in [-0.3, -0.25) is 4.79 Å². The fraction of sp³-hybridized carbons (Fsp3) is 0.273. The SMILES string of the molecule is CC#Cc1cc(C(=O)NCC)ccn1.[HH]. The Morgan fingerprint density at radius 3 is 3.14 bits per heavy atom. The topological polar surface area (TPSA) is 42.0 Å². The minimum atomic E-state index is -0.0888. The van der Waals surface area contributed by atoms with Crippen molar-refractivity contribution in [3.8, 4) is 11.8 Å². The molecule has 0 spiro atoms. The van der Waals surface area contributed by atoms with Crippen LogP contribution in [0.25, 0.3) is 0 Å². The molecule has 0 saturated heterocycles. The van der Waals surface area contributed by atoms with Gasteiger partial charge in [-0.2, -0.15) is 0 Å². The Morgan fingerprint density at radius 1 is 1.71 bits per heavy atom. The highest BCUT2D eigenvalue weighted by atomic mass is 16.1. The van der Waals surface area contributed by atoms with Crippen LogP contribution in [0.2, 0.25) is 0 Å². The number of aromatic nitrogens is 1. The van der Waals surface area contributed by atoms with Gasteiger partial charge in [0.05, 0.1) is 0 Å². The highest BCUT2D eigenvalue weighted by molar-refractivity contribution is 5.94. The number of rotatable bonds is 2. The van der Waals surface area contributed by atoms with E-state index >= 15 is 0 Å². The lowest BCUT2D eigenvalue weighted by Gasteiger charge is -2.01. The summed E-state index contributed by atoms with van der Waals surface area (Å²) in [6, 6.07) is 3.35. The molecule has 0 aromatic carbocycles. The van der Waals surface area contributed by atoms with E-state index in [1.165, 1.54) is 0 Å². The van der Waals surface area contributed by atoms with Crippen molar-refractivity contribution >= 4 is 5.91 Å². The molecule has 0 unspecified atom stereocenters. The van der Waals surface area contributed by atoms with Crippen LogP contribution in [0.3, 0.4) is 0 Å². The molecule has 1 heterocycles. The molecule has 3 heteroatoms. The molecule has 0 aliphatic carbocycles. The summed E-state index contributed by atoms with van der Waals surface area (Å²) in [5.74, 6) is 5.45. The van der Waals surface area contributed by atoms with Crippen molar-refractivity contribution < 1.29 is 6.22 Å². The van der Waals surface area contributed by atoms with E-state index in [9.17, 15) is 4.79 Å². The van der Waals surface area contributed by atoms with Gasteiger partial charge in [0, 0.05) is 19.7 Å². The Hall–Kier alpha value is -1.82. The lowest BCUT2D eigenvalue weighted by atomic mass is 10.2. The van der Waals surface area contributed by atoms with Crippen LogP contribution in [0.15, 0.2) is 18.3 Å². The summed E-state index contributed by atoms with van der Waals surface area (Å²) >= 11 is 0. The van der Waals surface area contributed by atoms with Crippen LogP contribution >= 0.6 is 0 Å². The molecule has 1 aromatic rings. The number of amides is 1. The first-order chi connectivity index (χ1) is 6.77. The smallest absolute Gasteiger partial charge is 0.251 e. The Morgan fingerprint density at radius 2 is 2.50 bits per heavy atom. The summed E-state index contributed by atoms with van der Waals surface area (Å²) in [6.45, 7) is 4.24. The molecule has 0 bridgehead atoms. The number of hydrogen-bond donors (Lipinski definition) is 1. The van der Waals surface area contributed by atoms with Crippen LogP contribution in [0.5, 0.6) is 0 Å². The maximum Gasteiger partial charge on any atom is 0.251 e. The van der Waals surface area contributed by atoms with E-state index in [2.05, 4.69) is 22.1 Å². The Kier molecular flexibility index (Phi) is 3.69. The van der Waals surface area contributed by atoms with Crippen molar-refractivity contribution in [2.75, 3.05) is 6.54 Å². The third-order valence-electron chi connectivity index (χ3n) is 1.61. The normalized spacial score (nSPS) is 8.71. The van der Waals surface area contributed by atoms with Crippen LogP contribution in [-0.4, -0.2) is 17.4 Å². The van der Waals surface area contributed by atoms with E-state index in [1.54, 1.807) is 25.3 Å². The van der Waals surface area contributed by atoms with Gasteiger partial charge in [0.15, 0.2) is 0 Å². The van der Waals surface area contributed by atoms with Crippen molar-refractivity contribution in [2.45, 2.75) is 13.8 Å². The molecule has 0 fully saturated rings. The van der Waals surface area contributed by atoms with Crippen molar-refractivity contribution in [3.63, 3.8) is 0 Å². The zero-order valence-corrected chi connectivity index (χ0v) is 8.29. The third-order valence-corrected chi connectivity index (χ3v) is 1.61. The third kappa shape index (κ3) is 2.60. The minimum absolute atomic E-state index is 0. The van der Waals surface area contributed by atoms with Gasteiger partial charge in [0.25, 0.3) is 5.91 Å². The van der Waals surface area contributed by atoms with Gasteiger partial charge in [-0.15, -0.1) is 0 Å². The molecule has 1 aromatic heterocycles. The van der Waals surface area contributed by atoms with Gasteiger partial charge in [0.2, 0.25) is 0 Å². The van der Waals surface area contributed by atoms with E-state index in [0.717, 1.165) is 0 Å².